The van der Waals surface area contributed by atoms with Crippen molar-refractivity contribution in [2.75, 3.05) is 39.3 Å². The van der Waals surface area contributed by atoms with Crippen LogP contribution in [0.4, 0.5) is 0 Å². The lowest BCUT2D eigenvalue weighted by Gasteiger charge is -2.33. The molecule has 0 bridgehead atoms. The second-order valence-corrected chi connectivity index (χ2v) is 4.73. The van der Waals surface area contributed by atoms with Gasteiger partial charge in [-0.05, 0) is 12.8 Å². The SMILES string of the molecule is CCC(CC)N(CCO)C(=O)C(=O)N1CCNCC1. The Morgan fingerprint density at radius 2 is 1.84 bits per heavy atom. The molecule has 1 saturated heterocycles. The van der Waals surface area contributed by atoms with E-state index in [1.54, 1.807) is 4.90 Å². The fourth-order valence-corrected chi connectivity index (χ4v) is 2.41. The standard InChI is InChI=1S/C13H25N3O3/c1-3-11(4-2)16(9-10-17)13(19)12(18)15-7-5-14-6-8-15/h11,14,17H,3-10H2,1-2H3. The molecule has 6 nitrogen and oxygen atoms in total. The molecule has 0 unspecified atom stereocenters. The molecule has 2 amide bonds. The van der Waals surface area contributed by atoms with Crippen molar-refractivity contribution in [1.29, 1.82) is 0 Å². The van der Waals surface area contributed by atoms with E-state index in [0.717, 1.165) is 25.9 Å². The van der Waals surface area contributed by atoms with E-state index in [4.69, 9.17) is 5.11 Å². The van der Waals surface area contributed by atoms with E-state index < -0.39 is 11.8 Å². The Hall–Kier alpha value is -1.14. The van der Waals surface area contributed by atoms with Gasteiger partial charge in [0.15, 0.2) is 0 Å². The van der Waals surface area contributed by atoms with Crippen molar-refractivity contribution in [3.8, 4) is 0 Å². The van der Waals surface area contributed by atoms with E-state index in [0.29, 0.717) is 13.1 Å². The number of rotatable bonds is 5. The summed E-state index contributed by atoms with van der Waals surface area (Å²) >= 11 is 0. The van der Waals surface area contributed by atoms with E-state index in [2.05, 4.69) is 5.32 Å². The maximum Gasteiger partial charge on any atom is 0.312 e. The van der Waals surface area contributed by atoms with Gasteiger partial charge in [-0.15, -0.1) is 0 Å². The first-order chi connectivity index (χ1) is 9.15. The maximum atomic E-state index is 12.3. The van der Waals surface area contributed by atoms with Crippen molar-refractivity contribution < 1.29 is 14.7 Å². The fourth-order valence-electron chi connectivity index (χ4n) is 2.41. The average Bonchev–Trinajstić information content (AvgIpc) is 2.47. The van der Waals surface area contributed by atoms with Gasteiger partial charge in [-0.3, -0.25) is 9.59 Å². The summed E-state index contributed by atoms with van der Waals surface area (Å²) in [5, 5.41) is 12.2. The number of nitrogens with zero attached hydrogens (tertiary/aromatic N) is 2. The predicted octanol–water partition coefficient (Wildman–Crippen LogP) is -0.572. The lowest BCUT2D eigenvalue weighted by Crippen LogP contribution is -2.54. The van der Waals surface area contributed by atoms with Crippen molar-refractivity contribution in [3.05, 3.63) is 0 Å². The van der Waals surface area contributed by atoms with Gasteiger partial charge in [0.1, 0.15) is 0 Å². The first-order valence-corrected chi connectivity index (χ1v) is 7.07. The Bertz CT molecular complexity index is 300. The summed E-state index contributed by atoms with van der Waals surface area (Å²) in [6.07, 6.45) is 1.58. The fraction of sp³-hybridized carbons (Fsp3) is 0.846. The van der Waals surface area contributed by atoms with Gasteiger partial charge in [0.25, 0.3) is 0 Å². The van der Waals surface area contributed by atoms with Crippen LogP contribution in [0.5, 0.6) is 0 Å². The second-order valence-electron chi connectivity index (χ2n) is 4.73. The molecule has 1 rings (SSSR count). The summed E-state index contributed by atoms with van der Waals surface area (Å²) in [7, 11) is 0. The third-order valence-corrected chi connectivity index (χ3v) is 3.57. The van der Waals surface area contributed by atoms with Gasteiger partial charge in [-0.2, -0.15) is 0 Å². The first kappa shape index (κ1) is 15.9. The van der Waals surface area contributed by atoms with Crippen LogP contribution in [0, 0.1) is 0 Å². The molecule has 0 aromatic rings. The van der Waals surface area contributed by atoms with Gasteiger partial charge < -0.3 is 20.2 Å². The Morgan fingerprint density at radius 1 is 1.26 bits per heavy atom. The molecule has 1 fully saturated rings. The number of aliphatic hydroxyl groups is 1. The number of hydrogen-bond donors (Lipinski definition) is 2. The lowest BCUT2D eigenvalue weighted by molar-refractivity contribution is -0.154. The second kappa shape index (κ2) is 8.12. The highest BCUT2D eigenvalue weighted by Crippen LogP contribution is 2.10. The molecule has 2 N–H and O–H groups in total. The highest BCUT2D eigenvalue weighted by molar-refractivity contribution is 6.35. The number of hydrogen-bond acceptors (Lipinski definition) is 4. The number of nitrogens with one attached hydrogen (secondary N) is 1. The molecule has 0 aromatic heterocycles. The molecular formula is C13H25N3O3. The minimum absolute atomic E-state index is 0.0199. The van der Waals surface area contributed by atoms with Crippen LogP contribution in [-0.4, -0.2) is 72.1 Å². The highest BCUT2D eigenvalue weighted by Gasteiger charge is 2.30. The average molecular weight is 271 g/mol. The summed E-state index contributed by atoms with van der Waals surface area (Å²) in [6.45, 7) is 6.68. The van der Waals surface area contributed by atoms with Crippen LogP contribution < -0.4 is 5.32 Å². The van der Waals surface area contributed by atoms with Crippen LogP contribution in [0.1, 0.15) is 26.7 Å². The molecule has 0 aromatic carbocycles. The zero-order chi connectivity index (χ0) is 14.3. The van der Waals surface area contributed by atoms with Crippen molar-refractivity contribution in [3.63, 3.8) is 0 Å². The first-order valence-electron chi connectivity index (χ1n) is 7.07. The van der Waals surface area contributed by atoms with Gasteiger partial charge in [0, 0.05) is 38.8 Å². The zero-order valence-corrected chi connectivity index (χ0v) is 11.9. The largest absolute Gasteiger partial charge is 0.395 e. The molecule has 0 radical (unpaired) electrons. The number of carbonyl (C=O) groups excluding carboxylic acids is 2. The third kappa shape index (κ3) is 4.18. The summed E-state index contributed by atoms with van der Waals surface area (Å²) in [6, 6.07) is 0.0199. The van der Waals surface area contributed by atoms with Gasteiger partial charge in [-0.25, -0.2) is 0 Å². The monoisotopic (exact) mass is 271 g/mol. The van der Waals surface area contributed by atoms with Crippen LogP contribution in [0.15, 0.2) is 0 Å². The molecule has 1 heterocycles. The van der Waals surface area contributed by atoms with Gasteiger partial charge >= 0.3 is 11.8 Å². The molecule has 0 spiro atoms. The van der Waals surface area contributed by atoms with Crippen LogP contribution >= 0.6 is 0 Å². The van der Waals surface area contributed by atoms with Crippen molar-refractivity contribution >= 4 is 11.8 Å². The Balaban J connectivity index is 2.71. The molecular weight excluding hydrogens is 246 g/mol. The van der Waals surface area contributed by atoms with Crippen LogP contribution in [0.3, 0.4) is 0 Å². The Kier molecular flexibility index (Phi) is 6.80. The van der Waals surface area contributed by atoms with Gasteiger partial charge in [0.2, 0.25) is 0 Å². The predicted molar refractivity (Wildman–Crippen MR) is 72.6 cm³/mol. The number of aliphatic hydroxyl groups excluding tert-OH is 1. The molecule has 1 aliphatic rings. The molecule has 0 atom stereocenters. The summed E-state index contributed by atoms with van der Waals surface area (Å²) in [4.78, 5) is 27.6. The molecule has 0 aliphatic carbocycles. The van der Waals surface area contributed by atoms with Crippen LogP contribution in [0.25, 0.3) is 0 Å². The molecule has 6 heteroatoms. The van der Waals surface area contributed by atoms with E-state index in [1.807, 2.05) is 13.8 Å². The molecule has 19 heavy (non-hydrogen) atoms. The van der Waals surface area contributed by atoms with E-state index in [9.17, 15) is 9.59 Å². The van der Waals surface area contributed by atoms with Gasteiger partial charge in [-0.1, -0.05) is 13.8 Å². The van der Waals surface area contributed by atoms with Crippen molar-refractivity contribution in [1.82, 2.24) is 15.1 Å². The third-order valence-electron chi connectivity index (χ3n) is 3.57. The Morgan fingerprint density at radius 3 is 2.32 bits per heavy atom. The van der Waals surface area contributed by atoms with E-state index >= 15 is 0 Å². The number of amides is 2. The maximum absolute atomic E-state index is 12.3. The molecule has 0 saturated carbocycles. The van der Waals surface area contributed by atoms with E-state index in [-0.39, 0.29) is 19.2 Å². The van der Waals surface area contributed by atoms with Gasteiger partial charge in [0.05, 0.1) is 6.61 Å². The molecule has 1 aliphatic heterocycles. The normalized spacial score (nSPS) is 15.7. The smallest absolute Gasteiger partial charge is 0.312 e. The van der Waals surface area contributed by atoms with Crippen molar-refractivity contribution in [2.24, 2.45) is 0 Å². The minimum atomic E-state index is -0.482. The Labute approximate surface area is 114 Å². The summed E-state index contributed by atoms with van der Waals surface area (Å²) < 4.78 is 0. The van der Waals surface area contributed by atoms with Crippen LogP contribution in [-0.2, 0) is 9.59 Å². The zero-order valence-electron chi connectivity index (χ0n) is 11.9. The minimum Gasteiger partial charge on any atom is -0.395 e. The quantitative estimate of drug-likeness (QED) is 0.657. The summed E-state index contributed by atoms with van der Waals surface area (Å²) in [5.41, 5.74) is 0. The van der Waals surface area contributed by atoms with Crippen molar-refractivity contribution in [2.45, 2.75) is 32.7 Å². The van der Waals surface area contributed by atoms with Crippen LogP contribution in [0.2, 0.25) is 0 Å². The highest BCUT2D eigenvalue weighted by atomic mass is 16.3. The lowest BCUT2D eigenvalue weighted by atomic mass is 10.1. The summed E-state index contributed by atoms with van der Waals surface area (Å²) in [5.74, 6) is -0.925. The topological polar surface area (TPSA) is 72.9 Å². The number of piperazine rings is 1. The van der Waals surface area contributed by atoms with E-state index in [1.165, 1.54) is 4.90 Å². The molecule has 110 valence electrons. The number of carbonyl (C=O) groups is 2.